The van der Waals surface area contributed by atoms with Gasteiger partial charge < -0.3 is 4.74 Å². The average Bonchev–Trinajstić information content (AvgIpc) is 2.29. The molecule has 0 N–H and O–H groups in total. The molecule has 100 valence electrons. The molecule has 0 spiro atoms. The van der Waals surface area contributed by atoms with Gasteiger partial charge in [-0.1, -0.05) is 43.2 Å². The van der Waals surface area contributed by atoms with E-state index < -0.39 is 0 Å². The molecule has 0 aliphatic carbocycles. The van der Waals surface area contributed by atoms with Crippen LogP contribution in [0.15, 0.2) is 24.3 Å². The maximum Gasteiger partial charge on any atom is 0.306 e. The number of hydrogen-bond donors (Lipinski definition) is 0. The molecule has 0 radical (unpaired) electrons. The summed E-state index contributed by atoms with van der Waals surface area (Å²) in [6.45, 7) is 6.59. The van der Waals surface area contributed by atoms with Crippen molar-refractivity contribution in [3.8, 4) is 0 Å². The number of benzene rings is 1. The van der Waals surface area contributed by atoms with Crippen LogP contribution in [0.5, 0.6) is 0 Å². The van der Waals surface area contributed by atoms with Crippen LogP contribution in [0.3, 0.4) is 0 Å². The SMILES string of the molecule is CCCC(CC(=O)OCC)Cc1cccc(C)c1. The Morgan fingerprint density at radius 2 is 2.11 bits per heavy atom. The minimum atomic E-state index is -0.0661. The van der Waals surface area contributed by atoms with Crippen molar-refractivity contribution in [3.63, 3.8) is 0 Å². The Labute approximate surface area is 110 Å². The first-order chi connectivity index (χ1) is 8.65. The molecule has 1 rings (SSSR count). The zero-order chi connectivity index (χ0) is 13.4. The Kier molecular flexibility index (Phi) is 6.48. The van der Waals surface area contributed by atoms with Crippen LogP contribution in [0.25, 0.3) is 0 Å². The minimum Gasteiger partial charge on any atom is -0.466 e. The first-order valence-electron chi connectivity index (χ1n) is 6.86. The normalized spacial score (nSPS) is 12.2. The predicted octanol–water partition coefficient (Wildman–Crippen LogP) is 3.91. The van der Waals surface area contributed by atoms with Crippen LogP contribution < -0.4 is 0 Å². The van der Waals surface area contributed by atoms with Gasteiger partial charge in [0.1, 0.15) is 0 Å². The zero-order valence-corrected chi connectivity index (χ0v) is 11.7. The lowest BCUT2D eigenvalue weighted by Gasteiger charge is -2.15. The zero-order valence-electron chi connectivity index (χ0n) is 11.7. The quantitative estimate of drug-likeness (QED) is 0.684. The van der Waals surface area contributed by atoms with E-state index in [9.17, 15) is 4.79 Å². The van der Waals surface area contributed by atoms with Gasteiger partial charge >= 0.3 is 5.97 Å². The van der Waals surface area contributed by atoms with Crippen molar-refractivity contribution >= 4 is 5.97 Å². The number of carbonyl (C=O) groups excluding carboxylic acids is 1. The third kappa shape index (κ3) is 5.35. The molecule has 1 aromatic carbocycles. The summed E-state index contributed by atoms with van der Waals surface area (Å²) in [5, 5.41) is 0. The number of carbonyl (C=O) groups is 1. The van der Waals surface area contributed by atoms with Gasteiger partial charge in [0.2, 0.25) is 0 Å². The molecule has 0 saturated heterocycles. The molecular formula is C16H24O2. The highest BCUT2D eigenvalue weighted by molar-refractivity contribution is 5.69. The second kappa shape index (κ2) is 7.91. The molecule has 0 bridgehead atoms. The van der Waals surface area contributed by atoms with Gasteiger partial charge in [-0.05, 0) is 38.2 Å². The van der Waals surface area contributed by atoms with Gasteiger partial charge in [0.15, 0.2) is 0 Å². The molecule has 1 atom stereocenters. The van der Waals surface area contributed by atoms with Crippen LogP contribution in [0.1, 0.15) is 44.2 Å². The van der Waals surface area contributed by atoms with Crippen molar-refractivity contribution < 1.29 is 9.53 Å². The van der Waals surface area contributed by atoms with Gasteiger partial charge in [-0.2, -0.15) is 0 Å². The van der Waals surface area contributed by atoms with Gasteiger partial charge in [0, 0.05) is 6.42 Å². The molecular weight excluding hydrogens is 224 g/mol. The van der Waals surface area contributed by atoms with Crippen molar-refractivity contribution in [2.45, 2.75) is 46.5 Å². The highest BCUT2D eigenvalue weighted by atomic mass is 16.5. The van der Waals surface area contributed by atoms with Crippen molar-refractivity contribution in [1.82, 2.24) is 0 Å². The Morgan fingerprint density at radius 1 is 1.33 bits per heavy atom. The van der Waals surface area contributed by atoms with Gasteiger partial charge in [0.05, 0.1) is 6.61 Å². The topological polar surface area (TPSA) is 26.3 Å². The minimum absolute atomic E-state index is 0.0661. The molecule has 0 aromatic heterocycles. The van der Waals surface area contributed by atoms with E-state index in [1.165, 1.54) is 11.1 Å². The number of aryl methyl sites for hydroxylation is 1. The lowest BCUT2D eigenvalue weighted by Crippen LogP contribution is -2.13. The van der Waals surface area contributed by atoms with E-state index in [1.54, 1.807) is 0 Å². The third-order valence-corrected chi connectivity index (χ3v) is 3.06. The predicted molar refractivity (Wildman–Crippen MR) is 74.5 cm³/mol. The third-order valence-electron chi connectivity index (χ3n) is 3.06. The van der Waals surface area contributed by atoms with Crippen LogP contribution >= 0.6 is 0 Å². The molecule has 0 saturated carbocycles. The van der Waals surface area contributed by atoms with E-state index in [0.29, 0.717) is 18.9 Å². The van der Waals surface area contributed by atoms with Crippen molar-refractivity contribution in [3.05, 3.63) is 35.4 Å². The van der Waals surface area contributed by atoms with Crippen LogP contribution in [0, 0.1) is 12.8 Å². The van der Waals surface area contributed by atoms with Crippen LogP contribution in [-0.4, -0.2) is 12.6 Å². The summed E-state index contributed by atoms with van der Waals surface area (Å²) in [6, 6.07) is 8.52. The molecule has 0 amide bonds. The van der Waals surface area contributed by atoms with E-state index in [0.717, 1.165) is 19.3 Å². The summed E-state index contributed by atoms with van der Waals surface area (Å²) >= 11 is 0. The van der Waals surface area contributed by atoms with E-state index >= 15 is 0 Å². The van der Waals surface area contributed by atoms with Crippen molar-refractivity contribution in [2.75, 3.05) is 6.61 Å². The van der Waals surface area contributed by atoms with Crippen molar-refractivity contribution in [1.29, 1.82) is 0 Å². The average molecular weight is 248 g/mol. The Morgan fingerprint density at radius 3 is 2.72 bits per heavy atom. The molecule has 0 heterocycles. The van der Waals surface area contributed by atoms with Crippen LogP contribution in [-0.2, 0) is 16.0 Å². The monoisotopic (exact) mass is 248 g/mol. The van der Waals surface area contributed by atoms with E-state index in [1.807, 2.05) is 6.92 Å². The second-order valence-corrected chi connectivity index (χ2v) is 4.86. The summed E-state index contributed by atoms with van der Waals surface area (Å²) in [5.41, 5.74) is 2.59. The van der Waals surface area contributed by atoms with Gasteiger partial charge in [-0.25, -0.2) is 0 Å². The number of rotatable bonds is 7. The van der Waals surface area contributed by atoms with Gasteiger partial charge in [-0.3, -0.25) is 4.79 Å². The highest BCUT2D eigenvalue weighted by Gasteiger charge is 2.14. The fraction of sp³-hybridized carbons (Fsp3) is 0.562. The van der Waals surface area contributed by atoms with E-state index in [-0.39, 0.29) is 5.97 Å². The fourth-order valence-electron chi connectivity index (χ4n) is 2.31. The largest absolute Gasteiger partial charge is 0.466 e. The lowest BCUT2D eigenvalue weighted by atomic mass is 9.91. The fourth-order valence-corrected chi connectivity index (χ4v) is 2.31. The second-order valence-electron chi connectivity index (χ2n) is 4.86. The van der Waals surface area contributed by atoms with Crippen LogP contribution in [0.2, 0.25) is 0 Å². The lowest BCUT2D eigenvalue weighted by molar-refractivity contribution is -0.144. The van der Waals surface area contributed by atoms with Gasteiger partial charge in [-0.15, -0.1) is 0 Å². The highest BCUT2D eigenvalue weighted by Crippen LogP contribution is 2.19. The Bertz CT molecular complexity index is 371. The standard InChI is InChI=1S/C16H24O2/c1-4-7-14(12-16(17)18-5-2)11-15-9-6-8-13(3)10-15/h6,8-10,14H,4-5,7,11-12H2,1-3H3. The maximum absolute atomic E-state index is 11.6. The summed E-state index contributed by atoms with van der Waals surface area (Å²) in [7, 11) is 0. The summed E-state index contributed by atoms with van der Waals surface area (Å²) in [4.78, 5) is 11.6. The molecule has 2 nitrogen and oxygen atoms in total. The maximum atomic E-state index is 11.6. The summed E-state index contributed by atoms with van der Waals surface area (Å²) in [6.07, 6.45) is 3.69. The first-order valence-corrected chi connectivity index (χ1v) is 6.86. The number of hydrogen-bond acceptors (Lipinski definition) is 2. The van der Waals surface area contributed by atoms with Crippen LogP contribution in [0.4, 0.5) is 0 Å². The Hall–Kier alpha value is -1.31. The number of ether oxygens (including phenoxy) is 1. The number of esters is 1. The molecule has 1 aromatic rings. The Balaban J connectivity index is 2.59. The molecule has 2 heteroatoms. The van der Waals surface area contributed by atoms with E-state index in [4.69, 9.17) is 4.74 Å². The smallest absolute Gasteiger partial charge is 0.306 e. The van der Waals surface area contributed by atoms with E-state index in [2.05, 4.69) is 38.1 Å². The molecule has 0 aliphatic heterocycles. The molecule has 18 heavy (non-hydrogen) atoms. The molecule has 1 unspecified atom stereocenters. The first kappa shape index (κ1) is 14.7. The van der Waals surface area contributed by atoms with Crippen molar-refractivity contribution in [2.24, 2.45) is 5.92 Å². The van der Waals surface area contributed by atoms with Gasteiger partial charge in [0.25, 0.3) is 0 Å². The summed E-state index contributed by atoms with van der Waals surface area (Å²) in [5.74, 6) is 0.333. The molecule has 0 aliphatic rings. The summed E-state index contributed by atoms with van der Waals surface area (Å²) < 4.78 is 5.04. The molecule has 0 fully saturated rings.